The molecule has 2 nitrogen and oxygen atoms in total. The predicted octanol–water partition coefficient (Wildman–Crippen LogP) is 9.47. The second-order valence-corrected chi connectivity index (χ2v) is 9.35. The van der Waals surface area contributed by atoms with Crippen molar-refractivity contribution in [2.24, 2.45) is 11.8 Å². The fourth-order valence-corrected chi connectivity index (χ4v) is 4.90. The Hall–Kier alpha value is -3.09. The van der Waals surface area contributed by atoms with Gasteiger partial charge in [-0.25, -0.2) is 8.78 Å². The van der Waals surface area contributed by atoms with Gasteiger partial charge in [-0.1, -0.05) is 69.4 Å². The molecular formula is C29H29F5O2. The first-order chi connectivity index (χ1) is 17.2. The van der Waals surface area contributed by atoms with Crippen molar-refractivity contribution in [2.45, 2.75) is 58.2 Å². The zero-order chi connectivity index (χ0) is 25.7. The summed E-state index contributed by atoms with van der Waals surface area (Å²) in [4.78, 5) is 0. The standard InChI is InChI=1S/C29H29F5O2/c1-2-19-8-10-20(11-9-19)12-17-24-26(30)18-25(21-6-4-3-5-7-21)28(27(24)31)35-22-13-15-23(16-14-22)36-29(32,33)34/h3-7,13-16,18-20H,2,8-12,17H2,1H3/t19-,20-. The lowest BCUT2D eigenvalue weighted by molar-refractivity contribution is -0.274. The van der Waals surface area contributed by atoms with Gasteiger partial charge in [0, 0.05) is 11.1 Å². The van der Waals surface area contributed by atoms with Crippen molar-refractivity contribution in [3.8, 4) is 28.4 Å². The van der Waals surface area contributed by atoms with Crippen molar-refractivity contribution < 1.29 is 31.4 Å². The highest BCUT2D eigenvalue weighted by Gasteiger charge is 2.31. The van der Waals surface area contributed by atoms with Gasteiger partial charge in [-0.3, -0.25) is 0 Å². The van der Waals surface area contributed by atoms with Gasteiger partial charge in [0.2, 0.25) is 0 Å². The zero-order valence-corrected chi connectivity index (χ0v) is 20.1. The van der Waals surface area contributed by atoms with E-state index >= 15 is 8.78 Å². The molecule has 0 bridgehead atoms. The normalized spacial score (nSPS) is 18.2. The molecular weight excluding hydrogens is 475 g/mol. The highest BCUT2D eigenvalue weighted by Crippen LogP contribution is 2.40. The minimum atomic E-state index is -4.82. The van der Waals surface area contributed by atoms with Gasteiger partial charge in [0.05, 0.1) is 0 Å². The van der Waals surface area contributed by atoms with Crippen LogP contribution in [0.5, 0.6) is 17.2 Å². The molecule has 1 saturated carbocycles. The van der Waals surface area contributed by atoms with Gasteiger partial charge >= 0.3 is 6.36 Å². The maximum Gasteiger partial charge on any atom is 0.573 e. The van der Waals surface area contributed by atoms with E-state index in [1.54, 1.807) is 30.3 Å². The molecule has 1 aliphatic rings. The summed E-state index contributed by atoms with van der Waals surface area (Å²) in [6, 6.07) is 14.7. The number of halogens is 5. The Morgan fingerprint density at radius 1 is 0.833 bits per heavy atom. The number of benzene rings is 3. The quantitative estimate of drug-likeness (QED) is 0.285. The van der Waals surface area contributed by atoms with E-state index in [4.69, 9.17) is 4.74 Å². The molecule has 0 amide bonds. The van der Waals surface area contributed by atoms with Crippen LogP contribution in [0.25, 0.3) is 11.1 Å². The molecule has 0 atom stereocenters. The van der Waals surface area contributed by atoms with Crippen molar-refractivity contribution in [3.05, 3.63) is 77.9 Å². The molecule has 192 valence electrons. The molecule has 36 heavy (non-hydrogen) atoms. The molecule has 0 aliphatic heterocycles. The SMILES string of the molecule is CC[C@H]1CC[C@H](CCc2c(F)cc(-c3ccccc3)c(Oc3ccc(OC(F)(F)F)cc3)c2F)CC1. The molecule has 0 radical (unpaired) electrons. The fraction of sp³-hybridized carbons (Fsp3) is 0.379. The van der Waals surface area contributed by atoms with E-state index in [1.807, 2.05) is 0 Å². The third-order valence-corrected chi connectivity index (χ3v) is 6.98. The Labute approximate surface area is 208 Å². The summed E-state index contributed by atoms with van der Waals surface area (Å²) in [6.45, 7) is 2.20. The Morgan fingerprint density at radius 3 is 2.06 bits per heavy atom. The zero-order valence-electron chi connectivity index (χ0n) is 20.1. The lowest BCUT2D eigenvalue weighted by Gasteiger charge is -2.28. The third-order valence-electron chi connectivity index (χ3n) is 6.98. The van der Waals surface area contributed by atoms with Crippen LogP contribution in [-0.2, 0) is 6.42 Å². The summed E-state index contributed by atoms with van der Waals surface area (Å²) in [5.74, 6) is -0.704. The molecule has 7 heteroatoms. The van der Waals surface area contributed by atoms with Crippen LogP contribution in [0.4, 0.5) is 22.0 Å². The Morgan fingerprint density at radius 2 is 1.44 bits per heavy atom. The fourth-order valence-electron chi connectivity index (χ4n) is 4.90. The smallest absolute Gasteiger partial charge is 0.454 e. The first-order valence-corrected chi connectivity index (χ1v) is 12.3. The molecule has 3 aromatic carbocycles. The average Bonchev–Trinajstić information content (AvgIpc) is 2.86. The minimum absolute atomic E-state index is 0.0284. The van der Waals surface area contributed by atoms with Crippen LogP contribution in [0.2, 0.25) is 0 Å². The monoisotopic (exact) mass is 504 g/mol. The number of ether oxygens (including phenoxy) is 2. The lowest BCUT2D eigenvalue weighted by atomic mass is 9.78. The predicted molar refractivity (Wildman–Crippen MR) is 129 cm³/mol. The van der Waals surface area contributed by atoms with Crippen LogP contribution in [-0.4, -0.2) is 6.36 Å². The van der Waals surface area contributed by atoms with Crippen molar-refractivity contribution in [1.29, 1.82) is 0 Å². The molecule has 0 heterocycles. The lowest BCUT2D eigenvalue weighted by Crippen LogP contribution is -2.16. The van der Waals surface area contributed by atoms with Gasteiger partial charge in [-0.2, -0.15) is 0 Å². The van der Waals surface area contributed by atoms with Crippen LogP contribution in [0.1, 0.15) is 51.0 Å². The molecule has 3 aromatic rings. The van der Waals surface area contributed by atoms with Crippen LogP contribution < -0.4 is 9.47 Å². The maximum absolute atomic E-state index is 15.8. The third kappa shape index (κ3) is 6.56. The van der Waals surface area contributed by atoms with Crippen LogP contribution in [0.3, 0.4) is 0 Å². The second-order valence-electron chi connectivity index (χ2n) is 9.35. The molecule has 1 fully saturated rings. The van der Waals surface area contributed by atoms with Crippen molar-refractivity contribution >= 4 is 0 Å². The van der Waals surface area contributed by atoms with E-state index in [9.17, 15) is 13.2 Å². The van der Waals surface area contributed by atoms with Crippen LogP contribution >= 0.6 is 0 Å². The van der Waals surface area contributed by atoms with E-state index in [0.717, 1.165) is 43.7 Å². The summed E-state index contributed by atoms with van der Waals surface area (Å²) in [7, 11) is 0. The van der Waals surface area contributed by atoms with Gasteiger partial charge in [0.1, 0.15) is 17.3 Å². The highest BCUT2D eigenvalue weighted by molar-refractivity contribution is 5.72. The largest absolute Gasteiger partial charge is 0.573 e. The summed E-state index contributed by atoms with van der Waals surface area (Å²) < 4.78 is 78.1. The van der Waals surface area contributed by atoms with Gasteiger partial charge in [-0.15, -0.1) is 13.2 Å². The van der Waals surface area contributed by atoms with Crippen molar-refractivity contribution in [1.82, 2.24) is 0 Å². The van der Waals surface area contributed by atoms with Gasteiger partial charge in [0.25, 0.3) is 0 Å². The van der Waals surface area contributed by atoms with E-state index in [2.05, 4.69) is 11.7 Å². The summed E-state index contributed by atoms with van der Waals surface area (Å²) in [5.41, 5.74) is 0.763. The topological polar surface area (TPSA) is 18.5 Å². The Balaban J connectivity index is 1.61. The second kappa shape index (κ2) is 11.3. The molecule has 0 N–H and O–H groups in total. The molecule has 1 aliphatic carbocycles. The van der Waals surface area contributed by atoms with Crippen LogP contribution in [0, 0.1) is 23.5 Å². The maximum atomic E-state index is 15.8. The van der Waals surface area contributed by atoms with E-state index in [1.165, 1.54) is 24.6 Å². The Kier molecular flexibility index (Phi) is 8.17. The number of hydrogen-bond acceptors (Lipinski definition) is 2. The van der Waals surface area contributed by atoms with Crippen molar-refractivity contribution in [2.75, 3.05) is 0 Å². The minimum Gasteiger partial charge on any atom is -0.454 e. The highest BCUT2D eigenvalue weighted by atomic mass is 19.4. The number of hydrogen-bond donors (Lipinski definition) is 0. The first-order valence-electron chi connectivity index (χ1n) is 12.3. The van der Waals surface area contributed by atoms with E-state index in [0.29, 0.717) is 17.9 Å². The Bertz CT molecular complexity index is 1140. The molecule has 4 rings (SSSR count). The van der Waals surface area contributed by atoms with E-state index < -0.39 is 23.7 Å². The van der Waals surface area contributed by atoms with Gasteiger partial charge in [0.15, 0.2) is 11.6 Å². The molecule has 0 aromatic heterocycles. The summed E-state index contributed by atoms with van der Waals surface area (Å²) in [5, 5.41) is 0. The number of rotatable bonds is 8. The molecule has 0 spiro atoms. The van der Waals surface area contributed by atoms with Gasteiger partial charge in [-0.05, 0) is 60.6 Å². The first kappa shape index (κ1) is 26.0. The van der Waals surface area contributed by atoms with E-state index in [-0.39, 0.29) is 29.0 Å². The molecule has 0 saturated heterocycles. The summed E-state index contributed by atoms with van der Waals surface area (Å²) in [6.07, 6.45) is 1.74. The van der Waals surface area contributed by atoms with Crippen molar-refractivity contribution in [3.63, 3.8) is 0 Å². The van der Waals surface area contributed by atoms with Crippen LogP contribution in [0.15, 0.2) is 60.7 Å². The number of alkyl halides is 3. The summed E-state index contributed by atoms with van der Waals surface area (Å²) >= 11 is 0. The average molecular weight is 505 g/mol. The van der Waals surface area contributed by atoms with Gasteiger partial charge < -0.3 is 9.47 Å². The molecule has 0 unspecified atom stereocenters.